The number of amides is 1. The number of thioether (sulfide) groups is 1. The summed E-state index contributed by atoms with van der Waals surface area (Å²) in [6.45, 7) is 4.23. The van der Waals surface area contributed by atoms with Gasteiger partial charge in [-0.3, -0.25) is 9.69 Å². The summed E-state index contributed by atoms with van der Waals surface area (Å²) in [7, 11) is 0. The molecule has 25 heavy (non-hydrogen) atoms. The third-order valence-corrected chi connectivity index (χ3v) is 5.58. The molecule has 0 saturated carbocycles. The summed E-state index contributed by atoms with van der Waals surface area (Å²) in [5, 5.41) is 0. The Balaban J connectivity index is 1.83. The third-order valence-electron chi connectivity index (χ3n) is 4.28. The van der Waals surface area contributed by atoms with E-state index in [2.05, 4.69) is 19.1 Å². The molecule has 1 fully saturated rings. The average Bonchev–Trinajstić information content (AvgIpc) is 2.89. The number of benzene rings is 2. The van der Waals surface area contributed by atoms with Crippen molar-refractivity contribution < 1.29 is 4.79 Å². The molecule has 0 bridgehead atoms. The lowest BCUT2D eigenvalue weighted by molar-refractivity contribution is -0.113. The van der Waals surface area contributed by atoms with Crippen LogP contribution in [0.15, 0.2) is 53.4 Å². The van der Waals surface area contributed by atoms with Crippen molar-refractivity contribution in [2.75, 3.05) is 4.90 Å². The van der Waals surface area contributed by atoms with Gasteiger partial charge in [-0.25, -0.2) is 0 Å². The van der Waals surface area contributed by atoms with Crippen LogP contribution in [0.2, 0.25) is 0 Å². The summed E-state index contributed by atoms with van der Waals surface area (Å²) < 4.78 is 0.589. The molecule has 0 atom stereocenters. The van der Waals surface area contributed by atoms with Crippen molar-refractivity contribution in [3.63, 3.8) is 0 Å². The highest BCUT2D eigenvalue weighted by Crippen LogP contribution is 2.36. The van der Waals surface area contributed by atoms with Gasteiger partial charge in [-0.05, 0) is 54.7 Å². The van der Waals surface area contributed by atoms with Crippen molar-refractivity contribution in [1.29, 1.82) is 0 Å². The molecule has 1 saturated heterocycles. The Bertz CT molecular complexity index is 824. The quantitative estimate of drug-likeness (QED) is 0.496. The largest absolute Gasteiger partial charge is 0.270 e. The monoisotopic (exact) mass is 367 g/mol. The first kappa shape index (κ1) is 17.9. The van der Waals surface area contributed by atoms with Gasteiger partial charge in [0.2, 0.25) is 0 Å². The normalized spacial score (nSPS) is 16.1. The van der Waals surface area contributed by atoms with Crippen LogP contribution in [0.5, 0.6) is 0 Å². The highest BCUT2D eigenvalue weighted by molar-refractivity contribution is 8.27. The lowest BCUT2D eigenvalue weighted by Gasteiger charge is -2.15. The lowest BCUT2D eigenvalue weighted by atomic mass is 10.1. The van der Waals surface area contributed by atoms with Crippen LogP contribution < -0.4 is 4.90 Å². The predicted molar refractivity (Wildman–Crippen MR) is 112 cm³/mol. The van der Waals surface area contributed by atoms with Crippen molar-refractivity contribution in [3.8, 4) is 0 Å². The van der Waals surface area contributed by atoms with E-state index in [0.29, 0.717) is 9.23 Å². The first-order chi connectivity index (χ1) is 12.1. The number of carbonyl (C=O) groups excluding carboxylic acids is 1. The Kier molecular flexibility index (Phi) is 5.71. The van der Waals surface area contributed by atoms with Gasteiger partial charge < -0.3 is 0 Å². The summed E-state index contributed by atoms with van der Waals surface area (Å²) in [4.78, 5) is 15.1. The molecule has 1 amide bonds. The van der Waals surface area contributed by atoms with Gasteiger partial charge in [0.05, 0.1) is 10.6 Å². The van der Waals surface area contributed by atoms with E-state index < -0.39 is 0 Å². The Morgan fingerprint density at radius 3 is 2.52 bits per heavy atom. The van der Waals surface area contributed by atoms with Gasteiger partial charge in [-0.1, -0.05) is 73.7 Å². The number of hydrogen-bond acceptors (Lipinski definition) is 3. The molecule has 128 valence electrons. The van der Waals surface area contributed by atoms with Crippen LogP contribution in [-0.4, -0.2) is 10.2 Å². The van der Waals surface area contributed by atoms with Gasteiger partial charge in [-0.2, -0.15) is 0 Å². The molecule has 1 aliphatic rings. The molecular weight excluding hydrogens is 346 g/mol. The molecule has 3 rings (SSSR count). The molecule has 0 N–H and O–H groups in total. The van der Waals surface area contributed by atoms with Crippen LogP contribution in [0.25, 0.3) is 6.08 Å². The van der Waals surface area contributed by atoms with Gasteiger partial charge >= 0.3 is 0 Å². The van der Waals surface area contributed by atoms with Gasteiger partial charge in [0.1, 0.15) is 0 Å². The number of anilines is 1. The molecule has 0 aliphatic carbocycles. The van der Waals surface area contributed by atoms with Crippen LogP contribution in [-0.2, 0) is 11.2 Å². The molecule has 1 heterocycles. The maximum absolute atomic E-state index is 12.8. The molecule has 0 spiro atoms. The van der Waals surface area contributed by atoms with E-state index in [0.717, 1.165) is 23.2 Å². The number of carbonyl (C=O) groups is 1. The fourth-order valence-electron chi connectivity index (χ4n) is 2.77. The van der Waals surface area contributed by atoms with Crippen LogP contribution in [0, 0.1) is 6.92 Å². The Morgan fingerprint density at radius 1 is 1.12 bits per heavy atom. The molecule has 2 nitrogen and oxygen atoms in total. The van der Waals surface area contributed by atoms with Crippen LogP contribution in [0.4, 0.5) is 5.69 Å². The van der Waals surface area contributed by atoms with Gasteiger partial charge in [-0.15, -0.1) is 0 Å². The zero-order valence-electron chi connectivity index (χ0n) is 14.5. The predicted octanol–water partition coefficient (Wildman–Crippen LogP) is 5.74. The highest BCUT2D eigenvalue weighted by Gasteiger charge is 2.33. The first-order valence-corrected chi connectivity index (χ1v) is 9.75. The van der Waals surface area contributed by atoms with Gasteiger partial charge in [0.25, 0.3) is 5.91 Å². The molecular formula is C21H21NOS2. The van der Waals surface area contributed by atoms with Crippen molar-refractivity contribution in [3.05, 3.63) is 70.1 Å². The highest BCUT2D eigenvalue weighted by atomic mass is 32.2. The van der Waals surface area contributed by atoms with E-state index in [-0.39, 0.29) is 5.91 Å². The minimum atomic E-state index is -0.0421. The molecule has 0 unspecified atom stereocenters. The second-order valence-electron chi connectivity index (χ2n) is 6.14. The van der Waals surface area contributed by atoms with E-state index in [4.69, 9.17) is 12.2 Å². The van der Waals surface area contributed by atoms with E-state index >= 15 is 0 Å². The molecule has 0 radical (unpaired) electrons. The Labute approximate surface area is 158 Å². The molecule has 1 aliphatic heterocycles. The van der Waals surface area contributed by atoms with Crippen molar-refractivity contribution in [2.24, 2.45) is 0 Å². The summed E-state index contributed by atoms with van der Waals surface area (Å²) in [5.74, 6) is -0.0421. The SMILES string of the molecule is CCCCc1ccc(N2C(=O)C(=Cc3ccccc3C)SC2=S)cc1. The third kappa shape index (κ3) is 4.02. The zero-order chi connectivity index (χ0) is 17.8. The number of nitrogens with zero attached hydrogens (tertiary/aromatic N) is 1. The standard InChI is InChI=1S/C21H21NOS2/c1-3-4-8-16-10-12-18(13-11-16)22-20(23)19(25-21(22)24)14-17-9-6-5-7-15(17)2/h5-7,9-14H,3-4,8H2,1-2H3. The smallest absolute Gasteiger partial charge is 0.268 e. The van der Waals surface area contributed by atoms with Crippen molar-refractivity contribution >= 4 is 46.0 Å². The summed E-state index contributed by atoms with van der Waals surface area (Å²) in [5.41, 5.74) is 4.34. The second kappa shape index (κ2) is 7.98. The van der Waals surface area contributed by atoms with Gasteiger partial charge in [0, 0.05) is 0 Å². The minimum absolute atomic E-state index is 0.0421. The van der Waals surface area contributed by atoms with E-state index in [1.165, 1.54) is 30.2 Å². The molecule has 4 heteroatoms. The maximum Gasteiger partial charge on any atom is 0.270 e. The topological polar surface area (TPSA) is 20.3 Å². The van der Waals surface area contributed by atoms with Crippen molar-refractivity contribution in [1.82, 2.24) is 0 Å². The minimum Gasteiger partial charge on any atom is -0.268 e. The number of rotatable bonds is 5. The molecule has 2 aromatic rings. The Hall–Kier alpha value is -1.91. The fourth-order valence-corrected chi connectivity index (χ4v) is 4.06. The summed E-state index contributed by atoms with van der Waals surface area (Å²) in [6, 6.07) is 16.2. The fraction of sp³-hybridized carbons (Fsp3) is 0.238. The second-order valence-corrected chi connectivity index (χ2v) is 7.82. The number of thiocarbonyl (C=S) groups is 1. The van der Waals surface area contributed by atoms with Crippen LogP contribution >= 0.6 is 24.0 Å². The van der Waals surface area contributed by atoms with Gasteiger partial charge in [0.15, 0.2) is 4.32 Å². The summed E-state index contributed by atoms with van der Waals surface area (Å²) in [6.07, 6.45) is 5.37. The molecule has 2 aromatic carbocycles. The summed E-state index contributed by atoms with van der Waals surface area (Å²) >= 11 is 6.82. The van der Waals surface area contributed by atoms with E-state index in [9.17, 15) is 4.79 Å². The lowest BCUT2D eigenvalue weighted by Crippen LogP contribution is -2.27. The Morgan fingerprint density at radius 2 is 1.84 bits per heavy atom. The van der Waals surface area contributed by atoms with E-state index in [1.807, 2.05) is 49.4 Å². The van der Waals surface area contributed by atoms with Crippen LogP contribution in [0.1, 0.15) is 36.5 Å². The zero-order valence-corrected chi connectivity index (χ0v) is 16.1. The first-order valence-electron chi connectivity index (χ1n) is 8.52. The maximum atomic E-state index is 12.8. The number of aryl methyl sites for hydroxylation is 2. The number of hydrogen-bond donors (Lipinski definition) is 0. The molecule has 0 aromatic heterocycles. The van der Waals surface area contributed by atoms with E-state index in [1.54, 1.807) is 4.90 Å². The van der Waals surface area contributed by atoms with Crippen LogP contribution in [0.3, 0.4) is 0 Å². The van der Waals surface area contributed by atoms with Crippen molar-refractivity contribution in [2.45, 2.75) is 33.1 Å². The average molecular weight is 368 g/mol. The number of unbranched alkanes of at least 4 members (excludes halogenated alkanes) is 1.